The Balaban J connectivity index is 1.53. The highest BCUT2D eigenvalue weighted by Crippen LogP contribution is 2.23. The molecule has 9 nitrogen and oxygen atoms in total. The van der Waals surface area contributed by atoms with Crippen molar-refractivity contribution in [3.63, 3.8) is 0 Å². The molecule has 0 saturated carbocycles. The van der Waals surface area contributed by atoms with E-state index >= 15 is 0 Å². The molecule has 0 aliphatic rings. The van der Waals surface area contributed by atoms with E-state index in [9.17, 15) is 9.59 Å². The standard InChI is InChI=1S/C25H26N6O3/c1-3-19-15-23(32)29-24(27-19)31-22(16-21(30-31)18-7-5-4-6-8-18)28-25(33)26-14-13-17-9-11-20(34-2)12-10-17/h4-12,15-16H,3,13-14H2,1-2H3,(H2,26,28,33)(H,27,29,32). The average molecular weight is 459 g/mol. The number of ether oxygens (including phenoxy) is 1. The SMILES string of the molecule is CCc1cc(=O)[nH]c(-n2nc(-c3ccccc3)cc2NC(=O)NCCc2ccc(OC)cc2)n1. The number of carbonyl (C=O) groups excluding carboxylic acids is 1. The molecule has 0 bridgehead atoms. The molecule has 3 N–H and O–H groups in total. The van der Waals surface area contributed by atoms with E-state index in [-0.39, 0.29) is 17.5 Å². The van der Waals surface area contributed by atoms with E-state index in [1.165, 1.54) is 10.7 Å². The van der Waals surface area contributed by atoms with Crippen molar-refractivity contribution in [3.8, 4) is 23.0 Å². The van der Waals surface area contributed by atoms with Crippen molar-refractivity contribution in [2.24, 2.45) is 0 Å². The van der Waals surface area contributed by atoms with Crippen LogP contribution in [0, 0.1) is 0 Å². The number of rotatable bonds is 8. The van der Waals surface area contributed by atoms with Crippen molar-refractivity contribution in [3.05, 3.63) is 88.3 Å². The Bertz CT molecular complexity index is 1310. The molecule has 34 heavy (non-hydrogen) atoms. The highest BCUT2D eigenvalue weighted by Gasteiger charge is 2.16. The summed E-state index contributed by atoms with van der Waals surface area (Å²) < 4.78 is 6.60. The van der Waals surface area contributed by atoms with E-state index in [0.29, 0.717) is 36.6 Å². The van der Waals surface area contributed by atoms with Gasteiger partial charge < -0.3 is 10.1 Å². The molecule has 0 aliphatic carbocycles. The number of carbonyl (C=O) groups is 1. The smallest absolute Gasteiger partial charge is 0.320 e. The number of urea groups is 1. The van der Waals surface area contributed by atoms with Crippen LogP contribution in [0.1, 0.15) is 18.2 Å². The molecule has 2 heterocycles. The zero-order valence-electron chi connectivity index (χ0n) is 19.0. The van der Waals surface area contributed by atoms with Gasteiger partial charge in [-0.1, -0.05) is 49.4 Å². The fraction of sp³-hybridized carbons (Fsp3) is 0.200. The van der Waals surface area contributed by atoms with Crippen LogP contribution in [0.3, 0.4) is 0 Å². The molecule has 0 atom stereocenters. The van der Waals surface area contributed by atoms with E-state index in [2.05, 4.69) is 25.7 Å². The van der Waals surface area contributed by atoms with Gasteiger partial charge in [0.1, 0.15) is 11.6 Å². The number of methoxy groups -OCH3 is 1. The van der Waals surface area contributed by atoms with Crippen molar-refractivity contribution < 1.29 is 9.53 Å². The summed E-state index contributed by atoms with van der Waals surface area (Å²) in [5.41, 5.74) is 2.94. The maximum atomic E-state index is 12.6. The first kappa shape index (κ1) is 22.8. The number of hydrogen-bond donors (Lipinski definition) is 3. The number of aryl methyl sites for hydroxylation is 1. The van der Waals surface area contributed by atoms with Gasteiger partial charge in [-0.05, 0) is 30.5 Å². The van der Waals surface area contributed by atoms with Crippen molar-refractivity contribution in [1.29, 1.82) is 0 Å². The van der Waals surface area contributed by atoms with Gasteiger partial charge in [-0.2, -0.15) is 9.78 Å². The zero-order valence-corrected chi connectivity index (χ0v) is 19.0. The monoisotopic (exact) mass is 458 g/mol. The number of hydrogen-bond acceptors (Lipinski definition) is 5. The minimum atomic E-state index is -0.386. The number of nitrogens with one attached hydrogen (secondary N) is 3. The Morgan fingerprint density at radius 2 is 1.85 bits per heavy atom. The quantitative estimate of drug-likeness (QED) is 0.374. The van der Waals surface area contributed by atoms with Crippen LogP contribution in [0.25, 0.3) is 17.2 Å². The van der Waals surface area contributed by atoms with Crippen molar-refractivity contribution in [2.75, 3.05) is 19.0 Å². The van der Waals surface area contributed by atoms with Crippen LogP contribution in [0.4, 0.5) is 10.6 Å². The zero-order chi connectivity index (χ0) is 23.9. The summed E-state index contributed by atoms with van der Waals surface area (Å²) in [6.45, 7) is 2.36. The normalized spacial score (nSPS) is 10.6. The summed E-state index contributed by atoms with van der Waals surface area (Å²) in [6, 6.07) is 20.1. The van der Waals surface area contributed by atoms with E-state index in [1.807, 2.05) is 61.5 Å². The maximum Gasteiger partial charge on any atom is 0.320 e. The Morgan fingerprint density at radius 3 is 2.56 bits per heavy atom. The van der Waals surface area contributed by atoms with Gasteiger partial charge in [0.2, 0.25) is 5.95 Å². The third-order valence-electron chi connectivity index (χ3n) is 5.22. The Hall–Kier alpha value is -4.40. The first-order valence-corrected chi connectivity index (χ1v) is 11.0. The van der Waals surface area contributed by atoms with Gasteiger partial charge in [0.15, 0.2) is 0 Å². The Morgan fingerprint density at radius 1 is 1.09 bits per heavy atom. The number of benzene rings is 2. The third-order valence-corrected chi connectivity index (χ3v) is 5.22. The molecule has 0 spiro atoms. The summed E-state index contributed by atoms with van der Waals surface area (Å²) in [5, 5.41) is 10.3. The molecule has 2 aromatic carbocycles. The molecule has 9 heteroatoms. The molecule has 2 aromatic heterocycles. The molecule has 4 rings (SSSR count). The van der Waals surface area contributed by atoms with Crippen LogP contribution in [-0.4, -0.2) is 39.4 Å². The average Bonchev–Trinajstić information content (AvgIpc) is 3.28. The highest BCUT2D eigenvalue weighted by molar-refractivity contribution is 5.89. The number of amides is 2. The number of aromatic nitrogens is 4. The van der Waals surface area contributed by atoms with Gasteiger partial charge in [0.25, 0.3) is 5.56 Å². The van der Waals surface area contributed by atoms with Crippen molar-refractivity contribution in [1.82, 2.24) is 25.1 Å². The van der Waals surface area contributed by atoms with E-state index < -0.39 is 0 Å². The van der Waals surface area contributed by atoms with Gasteiger partial charge in [-0.15, -0.1) is 0 Å². The topological polar surface area (TPSA) is 114 Å². The van der Waals surface area contributed by atoms with Crippen LogP contribution in [0.2, 0.25) is 0 Å². The molecule has 0 saturated heterocycles. The minimum Gasteiger partial charge on any atom is -0.497 e. The summed E-state index contributed by atoms with van der Waals surface area (Å²) in [7, 11) is 1.62. The van der Waals surface area contributed by atoms with E-state index in [1.54, 1.807) is 13.2 Å². The minimum absolute atomic E-state index is 0.236. The highest BCUT2D eigenvalue weighted by atomic mass is 16.5. The molecule has 0 aliphatic heterocycles. The number of anilines is 1. The fourth-order valence-corrected chi connectivity index (χ4v) is 3.43. The lowest BCUT2D eigenvalue weighted by molar-refractivity contribution is 0.252. The predicted molar refractivity (Wildman–Crippen MR) is 131 cm³/mol. The second-order valence-electron chi connectivity index (χ2n) is 7.59. The van der Waals surface area contributed by atoms with Gasteiger partial charge in [-0.3, -0.25) is 15.1 Å². The first-order chi connectivity index (χ1) is 16.6. The largest absolute Gasteiger partial charge is 0.497 e. The summed E-state index contributed by atoms with van der Waals surface area (Å²) >= 11 is 0. The number of H-pyrrole nitrogens is 1. The van der Waals surface area contributed by atoms with Gasteiger partial charge >= 0.3 is 6.03 Å². The predicted octanol–water partition coefficient (Wildman–Crippen LogP) is 3.56. The molecule has 0 unspecified atom stereocenters. The Kier molecular flexibility index (Phi) is 7.02. The van der Waals surface area contributed by atoms with Crippen LogP contribution in [-0.2, 0) is 12.8 Å². The third kappa shape index (κ3) is 5.50. The molecule has 2 amide bonds. The first-order valence-electron chi connectivity index (χ1n) is 11.0. The molecular weight excluding hydrogens is 432 g/mol. The molecule has 0 radical (unpaired) electrons. The molecular formula is C25H26N6O3. The van der Waals surface area contributed by atoms with Crippen LogP contribution < -0.4 is 20.9 Å². The van der Waals surface area contributed by atoms with E-state index in [4.69, 9.17) is 4.74 Å². The number of nitrogens with zero attached hydrogens (tertiary/aromatic N) is 3. The van der Waals surface area contributed by atoms with Gasteiger partial charge in [0.05, 0.1) is 12.8 Å². The van der Waals surface area contributed by atoms with Crippen molar-refractivity contribution in [2.45, 2.75) is 19.8 Å². The van der Waals surface area contributed by atoms with E-state index in [0.717, 1.165) is 16.9 Å². The Labute approximate surface area is 196 Å². The van der Waals surface area contributed by atoms with Gasteiger partial charge in [-0.25, -0.2) is 9.78 Å². The van der Waals surface area contributed by atoms with Gasteiger partial charge in [0, 0.05) is 29.9 Å². The lowest BCUT2D eigenvalue weighted by Crippen LogP contribution is -2.31. The summed E-state index contributed by atoms with van der Waals surface area (Å²) in [4.78, 5) is 32.0. The second kappa shape index (κ2) is 10.5. The van der Waals surface area contributed by atoms with Crippen LogP contribution in [0.15, 0.2) is 71.5 Å². The number of aromatic amines is 1. The van der Waals surface area contributed by atoms with Crippen LogP contribution >= 0.6 is 0 Å². The van der Waals surface area contributed by atoms with Crippen LogP contribution in [0.5, 0.6) is 5.75 Å². The lowest BCUT2D eigenvalue weighted by Gasteiger charge is -2.10. The summed E-state index contributed by atoms with van der Waals surface area (Å²) in [6.07, 6.45) is 1.26. The fourth-order valence-electron chi connectivity index (χ4n) is 3.43. The maximum absolute atomic E-state index is 12.6. The lowest BCUT2D eigenvalue weighted by atomic mass is 10.1. The molecule has 0 fully saturated rings. The van der Waals surface area contributed by atoms with Crippen molar-refractivity contribution >= 4 is 11.8 Å². The summed E-state index contributed by atoms with van der Waals surface area (Å²) in [5.74, 6) is 1.41. The second-order valence-corrected chi connectivity index (χ2v) is 7.59. The molecule has 174 valence electrons. The molecule has 4 aromatic rings.